The summed E-state index contributed by atoms with van der Waals surface area (Å²) >= 11 is 0. The van der Waals surface area contributed by atoms with E-state index < -0.39 is 0 Å². The maximum Gasteiger partial charge on any atom is 0.125 e. The highest BCUT2D eigenvalue weighted by molar-refractivity contribution is 5.39. The molecular formula is C14H21NO. The van der Waals surface area contributed by atoms with Gasteiger partial charge in [0.05, 0.1) is 6.61 Å². The molecule has 1 aromatic carbocycles. The number of ether oxygens (including phenoxy) is 1. The smallest absolute Gasteiger partial charge is 0.125 e. The first-order chi connectivity index (χ1) is 7.77. The number of rotatable bonds is 6. The van der Waals surface area contributed by atoms with Crippen LogP contribution < -0.4 is 4.74 Å². The summed E-state index contributed by atoms with van der Waals surface area (Å²) in [5.41, 5.74) is 2.48. The quantitative estimate of drug-likeness (QED) is 0.539. The molecule has 0 N–H and O–H groups in total. The zero-order valence-corrected chi connectivity index (χ0v) is 10.3. The summed E-state index contributed by atoms with van der Waals surface area (Å²) in [5, 5.41) is 0. The maximum atomic E-state index is 5.85. The maximum absolute atomic E-state index is 5.85. The first-order valence-electron chi connectivity index (χ1n) is 6.19. The molecule has 0 amide bonds. The lowest BCUT2D eigenvalue weighted by atomic mass is 10.1. The molecule has 1 aromatic rings. The second-order valence-electron chi connectivity index (χ2n) is 4.62. The largest absolute Gasteiger partial charge is 0.493 e. The molecule has 0 spiro atoms. The molecule has 1 saturated heterocycles. The molecule has 1 heterocycles. The minimum absolute atomic E-state index is 0.847. The van der Waals surface area contributed by atoms with Gasteiger partial charge in [-0.1, -0.05) is 18.2 Å². The monoisotopic (exact) mass is 219 g/mol. The van der Waals surface area contributed by atoms with Gasteiger partial charge in [0.1, 0.15) is 5.75 Å². The van der Waals surface area contributed by atoms with E-state index in [0.717, 1.165) is 18.8 Å². The summed E-state index contributed by atoms with van der Waals surface area (Å²) in [6.07, 6.45) is 2.41. The molecule has 0 atom stereocenters. The number of nitrogens with zero attached hydrogens (tertiary/aromatic N) is 1. The lowest BCUT2D eigenvalue weighted by Gasteiger charge is -2.11. The van der Waals surface area contributed by atoms with Crippen molar-refractivity contribution in [1.29, 1.82) is 0 Å². The van der Waals surface area contributed by atoms with E-state index in [1.807, 2.05) is 0 Å². The second kappa shape index (κ2) is 5.35. The molecular weight excluding hydrogens is 198 g/mol. The minimum Gasteiger partial charge on any atom is -0.493 e. The number of para-hydroxylation sites is 1. The number of unbranched alkanes of at least 4 members (excludes halogenated alkanes) is 1. The molecule has 2 nitrogen and oxygen atoms in total. The molecule has 0 aliphatic carbocycles. The summed E-state index contributed by atoms with van der Waals surface area (Å²) in [5.74, 6) is 1.08. The summed E-state index contributed by atoms with van der Waals surface area (Å²) in [7, 11) is 0. The molecule has 0 saturated carbocycles. The first-order valence-corrected chi connectivity index (χ1v) is 6.19. The summed E-state index contributed by atoms with van der Waals surface area (Å²) in [6, 6.07) is 6.30. The van der Waals surface area contributed by atoms with Crippen LogP contribution in [0.25, 0.3) is 0 Å². The molecule has 16 heavy (non-hydrogen) atoms. The molecule has 0 unspecified atom stereocenters. The zero-order valence-electron chi connectivity index (χ0n) is 10.3. The van der Waals surface area contributed by atoms with E-state index in [1.54, 1.807) is 0 Å². The van der Waals surface area contributed by atoms with Gasteiger partial charge in [0.25, 0.3) is 0 Å². The van der Waals surface area contributed by atoms with Crippen LogP contribution in [0, 0.1) is 13.8 Å². The van der Waals surface area contributed by atoms with Crippen molar-refractivity contribution in [2.24, 2.45) is 0 Å². The van der Waals surface area contributed by atoms with Gasteiger partial charge in [-0.05, 0) is 44.4 Å². The van der Waals surface area contributed by atoms with Gasteiger partial charge in [0.2, 0.25) is 0 Å². The van der Waals surface area contributed by atoms with E-state index in [0.29, 0.717) is 0 Å². The van der Waals surface area contributed by atoms with Crippen LogP contribution in [0.2, 0.25) is 0 Å². The van der Waals surface area contributed by atoms with Crippen LogP contribution in [0.3, 0.4) is 0 Å². The minimum atomic E-state index is 0.847. The molecule has 0 aromatic heterocycles. The van der Waals surface area contributed by atoms with E-state index >= 15 is 0 Å². The van der Waals surface area contributed by atoms with Crippen molar-refractivity contribution in [3.05, 3.63) is 29.3 Å². The van der Waals surface area contributed by atoms with E-state index in [2.05, 4.69) is 36.9 Å². The fraction of sp³-hybridized carbons (Fsp3) is 0.571. The van der Waals surface area contributed by atoms with Gasteiger partial charge in [-0.15, -0.1) is 0 Å². The lowest BCUT2D eigenvalue weighted by Crippen LogP contribution is -2.04. The fourth-order valence-electron chi connectivity index (χ4n) is 1.93. The topological polar surface area (TPSA) is 12.2 Å². The first kappa shape index (κ1) is 11.5. The highest BCUT2D eigenvalue weighted by Gasteiger charge is 2.15. The second-order valence-corrected chi connectivity index (χ2v) is 4.62. The van der Waals surface area contributed by atoms with E-state index in [9.17, 15) is 0 Å². The standard InChI is InChI=1S/C14H21NO/c1-12-6-5-7-13(2)14(12)16-11-4-3-8-15-9-10-15/h5-7H,3-4,8-11H2,1-2H3. The van der Waals surface area contributed by atoms with E-state index in [-0.39, 0.29) is 0 Å². The third kappa shape index (κ3) is 3.24. The molecule has 0 bridgehead atoms. The van der Waals surface area contributed by atoms with Crippen molar-refractivity contribution in [2.75, 3.05) is 26.2 Å². The number of aryl methyl sites for hydroxylation is 2. The Morgan fingerprint density at radius 1 is 1.12 bits per heavy atom. The van der Waals surface area contributed by atoms with Gasteiger partial charge in [-0.2, -0.15) is 0 Å². The summed E-state index contributed by atoms with van der Waals surface area (Å²) in [4.78, 5) is 2.46. The third-order valence-corrected chi connectivity index (χ3v) is 3.06. The molecule has 1 aliphatic rings. The van der Waals surface area contributed by atoms with Gasteiger partial charge in [-0.25, -0.2) is 0 Å². The molecule has 2 rings (SSSR count). The predicted molar refractivity (Wildman–Crippen MR) is 67.1 cm³/mol. The average molecular weight is 219 g/mol. The highest BCUT2D eigenvalue weighted by Crippen LogP contribution is 2.22. The summed E-state index contributed by atoms with van der Waals surface area (Å²) < 4.78 is 5.85. The van der Waals surface area contributed by atoms with Crippen molar-refractivity contribution < 1.29 is 4.74 Å². The Kier molecular flexibility index (Phi) is 3.83. The van der Waals surface area contributed by atoms with E-state index in [4.69, 9.17) is 4.74 Å². The Bertz CT molecular complexity index is 324. The van der Waals surface area contributed by atoms with Crippen LogP contribution in [-0.2, 0) is 0 Å². The van der Waals surface area contributed by atoms with Crippen molar-refractivity contribution in [1.82, 2.24) is 4.90 Å². The van der Waals surface area contributed by atoms with Crippen LogP contribution in [0.1, 0.15) is 24.0 Å². The Morgan fingerprint density at radius 2 is 1.81 bits per heavy atom. The zero-order chi connectivity index (χ0) is 11.4. The Morgan fingerprint density at radius 3 is 2.44 bits per heavy atom. The van der Waals surface area contributed by atoms with Gasteiger partial charge in [0.15, 0.2) is 0 Å². The van der Waals surface area contributed by atoms with Crippen molar-refractivity contribution in [2.45, 2.75) is 26.7 Å². The number of hydrogen-bond donors (Lipinski definition) is 0. The summed E-state index contributed by atoms with van der Waals surface area (Å²) in [6.45, 7) is 8.92. The van der Waals surface area contributed by atoms with Crippen LogP contribution >= 0.6 is 0 Å². The number of benzene rings is 1. The SMILES string of the molecule is Cc1cccc(C)c1OCCCCN1CC1. The molecule has 1 aliphatic heterocycles. The molecule has 2 heteroatoms. The van der Waals surface area contributed by atoms with Gasteiger partial charge >= 0.3 is 0 Å². The fourth-order valence-corrected chi connectivity index (χ4v) is 1.93. The normalized spacial score (nSPS) is 15.1. The molecule has 1 fully saturated rings. The Labute approximate surface area is 98.2 Å². The molecule has 0 radical (unpaired) electrons. The Balaban J connectivity index is 1.71. The van der Waals surface area contributed by atoms with Gasteiger partial charge in [-0.3, -0.25) is 0 Å². The Hall–Kier alpha value is -1.02. The predicted octanol–water partition coefficient (Wildman–Crippen LogP) is 2.78. The number of hydrogen-bond acceptors (Lipinski definition) is 2. The van der Waals surface area contributed by atoms with E-state index in [1.165, 1.54) is 37.2 Å². The van der Waals surface area contributed by atoms with Crippen LogP contribution in [0.15, 0.2) is 18.2 Å². The van der Waals surface area contributed by atoms with Crippen molar-refractivity contribution >= 4 is 0 Å². The van der Waals surface area contributed by atoms with Crippen LogP contribution in [0.4, 0.5) is 0 Å². The lowest BCUT2D eigenvalue weighted by molar-refractivity contribution is 0.298. The van der Waals surface area contributed by atoms with Crippen LogP contribution in [0.5, 0.6) is 5.75 Å². The third-order valence-electron chi connectivity index (χ3n) is 3.06. The van der Waals surface area contributed by atoms with Gasteiger partial charge < -0.3 is 9.64 Å². The van der Waals surface area contributed by atoms with Crippen LogP contribution in [-0.4, -0.2) is 31.1 Å². The highest BCUT2D eigenvalue weighted by atomic mass is 16.5. The van der Waals surface area contributed by atoms with Crippen molar-refractivity contribution in [3.8, 4) is 5.75 Å². The van der Waals surface area contributed by atoms with Gasteiger partial charge in [0, 0.05) is 13.1 Å². The molecule has 88 valence electrons. The van der Waals surface area contributed by atoms with Crippen molar-refractivity contribution in [3.63, 3.8) is 0 Å². The average Bonchev–Trinajstić information content (AvgIpc) is 3.05.